The fourth-order valence-corrected chi connectivity index (χ4v) is 2.84. The van der Waals surface area contributed by atoms with Crippen LogP contribution in [-0.2, 0) is 0 Å². The van der Waals surface area contributed by atoms with Crippen molar-refractivity contribution in [2.75, 3.05) is 0 Å². The molecule has 17 heavy (non-hydrogen) atoms. The third-order valence-electron chi connectivity index (χ3n) is 5.26. The molecule has 0 fully saturated rings. The standard InChI is InChI=1S/C17H36/c1-8-11-16(17(6,7)14(4)5)13-12-15(9-2)10-3/h14-16H,8-13H2,1-7H3. The van der Waals surface area contributed by atoms with Crippen molar-refractivity contribution in [2.45, 2.75) is 87.0 Å². The van der Waals surface area contributed by atoms with E-state index < -0.39 is 0 Å². The van der Waals surface area contributed by atoms with E-state index in [1.165, 1.54) is 38.5 Å². The monoisotopic (exact) mass is 240 g/mol. The third-order valence-corrected chi connectivity index (χ3v) is 5.26. The molecule has 0 aliphatic carbocycles. The van der Waals surface area contributed by atoms with Crippen LogP contribution in [0.25, 0.3) is 0 Å². The average molecular weight is 240 g/mol. The van der Waals surface area contributed by atoms with Gasteiger partial charge in [-0.1, -0.05) is 80.6 Å². The summed E-state index contributed by atoms with van der Waals surface area (Å²) in [5.74, 6) is 2.66. The maximum absolute atomic E-state index is 2.48. The van der Waals surface area contributed by atoms with Gasteiger partial charge in [0.15, 0.2) is 0 Å². The van der Waals surface area contributed by atoms with Gasteiger partial charge in [0.05, 0.1) is 0 Å². The summed E-state index contributed by atoms with van der Waals surface area (Å²) in [6, 6.07) is 0. The Bertz CT molecular complexity index is 174. The van der Waals surface area contributed by atoms with Gasteiger partial charge in [0.2, 0.25) is 0 Å². The van der Waals surface area contributed by atoms with Gasteiger partial charge in [-0.05, 0) is 29.6 Å². The maximum atomic E-state index is 2.48. The zero-order chi connectivity index (χ0) is 13.5. The predicted octanol–water partition coefficient (Wildman–Crippen LogP) is 6.30. The number of rotatable bonds is 9. The second-order valence-electron chi connectivity index (χ2n) is 6.72. The molecule has 0 aromatic rings. The second kappa shape index (κ2) is 8.16. The molecule has 0 aliphatic rings. The van der Waals surface area contributed by atoms with Crippen molar-refractivity contribution in [2.24, 2.45) is 23.2 Å². The zero-order valence-corrected chi connectivity index (χ0v) is 13.5. The molecule has 0 heteroatoms. The van der Waals surface area contributed by atoms with E-state index >= 15 is 0 Å². The van der Waals surface area contributed by atoms with E-state index in [0.717, 1.165) is 17.8 Å². The summed E-state index contributed by atoms with van der Waals surface area (Å²) in [5.41, 5.74) is 0.502. The topological polar surface area (TPSA) is 0 Å². The lowest BCUT2D eigenvalue weighted by molar-refractivity contribution is 0.112. The summed E-state index contributed by atoms with van der Waals surface area (Å²) in [7, 11) is 0. The highest BCUT2D eigenvalue weighted by Gasteiger charge is 2.31. The van der Waals surface area contributed by atoms with Crippen molar-refractivity contribution in [1.29, 1.82) is 0 Å². The van der Waals surface area contributed by atoms with Gasteiger partial charge in [-0.3, -0.25) is 0 Å². The lowest BCUT2D eigenvalue weighted by Crippen LogP contribution is -2.30. The largest absolute Gasteiger partial charge is 0.0654 e. The molecule has 0 N–H and O–H groups in total. The molecule has 0 aliphatic heterocycles. The van der Waals surface area contributed by atoms with Gasteiger partial charge in [0.1, 0.15) is 0 Å². The Morgan fingerprint density at radius 1 is 0.824 bits per heavy atom. The van der Waals surface area contributed by atoms with Gasteiger partial charge in [0.25, 0.3) is 0 Å². The average Bonchev–Trinajstić information content (AvgIpc) is 2.28. The van der Waals surface area contributed by atoms with Crippen LogP contribution in [0.5, 0.6) is 0 Å². The molecule has 0 aromatic carbocycles. The first-order valence-corrected chi connectivity index (χ1v) is 7.89. The molecule has 0 saturated carbocycles. The summed E-state index contributed by atoms with van der Waals surface area (Å²) >= 11 is 0. The van der Waals surface area contributed by atoms with Gasteiger partial charge < -0.3 is 0 Å². The molecule has 0 saturated heterocycles. The van der Waals surface area contributed by atoms with Crippen molar-refractivity contribution in [3.63, 3.8) is 0 Å². The molecule has 0 heterocycles. The predicted molar refractivity (Wildman–Crippen MR) is 80.3 cm³/mol. The molecule has 1 atom stereocenters. The SMILES string of the molecule is CCCC(CCC(CC)CC)C(C)(C)C(C)C. The smallest absolute Gasteiger partial charge is 0.0303 e. The van der Waals surface area contributed by atoms with Crippen molar-refractivity contribution in [1.82, 2.24) is 0 Å². The Morgan fingerprint density at radius 3 is 1.71 bits per heavy atom. The molecule has 0 spiro atoms. The van der Waals surface area contributed by atoms with E-state index in [0.29, 0.717) is 5.41 Å². The van der Waals surface area contributed by atoms with Crippen LogP contribution < -0.4 is 0 Å². The summed E-state index contributed by atoms with van der Waals surface area (Å²) in [4.78, 5) is 0. The Labute approximate surface area is 111 Å². The molecular formula is C17H36. The molecular weight excluding hydrogens is 204 g/mol. The first kappa shape index (κ1) is 17.0. The molecule has 0 nitrogen and oxygen atoms in total. The van der Waals surface area contributed by atoms with Gasteiger partial charge >= 0.3 is 0 Å². The molecule has 1 unspecified atom stereocenters. The van der Waals surface area contributed by atoms with Crippen LogP contribution in [0, 0.1) is 23.2 Å². The quantitative estimate of drug-likeness (QED) is 0.443. The summed E-state index contributed by atoms with van der Waals surface area (Å²) in [5, 5.41) is 0. The van der Waals surface area contributed by atoms with Crippen LogP contribution in [0.4, 0.5) is 0 Å². The highest BCUT2D eigenvalue weighted by molar-refractivity contribution is 4.81. The van der Waals surface area contributed by atoms with Crippen LogP contribution in [0.2, 0.25) is 0 Å². The molecule has 0 amide bonds. The summed E-state index contributed by atoms with van der Waals surface area (Å²) in [6.45, 7) is 16.8. The lowest BCUT2D eigenvalue weighted by atomic mass is 9.67. The van der Waals surface area contributed by atoms with E-state index in [-0.39, 0.29) is 0 Å². The fourth-order valence-electron chi connectivity index (χ4n) is 2.84. The van der Waals surface area contributed by atoms with Crippen LogP contribution in [0.1, 0.15) is 87.0 Å². The molecule has 0 bridgehead atoms. The molecule has 0 aromatic heterocycles. The van der Waals surface area contributed by atoms with Crippen molar-refractivity contribution in [3.05, 3.63) is 0 Å². The second-order valence-corrected chi connectivity index (χ2v) is 6.72. The van der Waals surface area contributed by atoms with Crippen molar-refractivity contribution in [3.8, 4) is 0 Å². The van der Waals surface area contributed by atoms with Crippen LogP contribution in [0.3, 0.4) is 0 Å². The molecule has 104 valence electrons. The maximum Gasteiger partial charge on any atom is -0.0303 e. The Hall–Kier alpha value is 0. The van der Waals surface area contributed by atoms with Crippen LogP contribution in [-0.4, -0.2) is 0 Å². The number of hydrogen-bond donors (Lipinski definition) is 0. The summed E-state index contributed by atoms with van der Waals surface area (Å²) < 4.78 is 0. The van der Waals surface area contributed by atoms with E-state index in [9.17, 15) is 0 Å². The minimum atomic E-state index is 0.502. The first-order chi connectivity index (χ1) is 7.89. The Balaban J connectivity index is 4.43. The third kappa shape index (κ3) is 5.44. The number of hydrogen-bond acceptors (Lipinski definition) is 0. The molecule has 0 rings (SSSR count). The highest BCUT2D eigenvalue weighted by Crippen LogP contribution is 2.41. The van der Waals surface area contributed by atoms with Crippen molar-refractivity contribution < 1.29 is 0 Å². The van der Waals surface area contributed by atoms with E-state index in [2.05, 4.69) is 48.5 Å². The first-order valence-electron chi connectivity index (χ1n) is 7.89. The van der Waals surface area contributed by atoms with E-state index in [1.807, 2.05) is 0 Å². The minimum absolute atomic E-state index is 0.502. The zero-order valence-electron chi connectivity index (χ0n) is 13.5. The van der Waals surface area contributed by atoms with E-state index in [1.54, 1.807) is 0 Å². The Kier molecular flexibility index (Phi) is 8.16. The molecule has 0 radical (unpaired) electrons. The highest BCUT2D eigenvalue weighted by atomic mass is 14.4. The minimum Gasteiger partial charge on any atom is -0.0654 e. The van der Waals surface area contributed by atoms with Gasteiger partial charge in [0, 0.05) is 0 Å². The van der Waals surface area contributed by atoms with Gasteiger partial charge in [-0.15, -0.1) is 0 Å². The van der Waals surface area contributed by atoms with Gasteiger partial charge in [-0.25, -0.2) is 0 Å². The van der Waals surface area contributed by atoms with Crippen LogP contribution in [0.15, 0.2) is 0 Å². The normalized spacial score (nSPS) is 14.6. The van der Waals surface area contributed by atoms with Crippen molar-refractivity contribution >= 4 is 0 Å². The van der Waals surface area contributed by atoms with Gasteiger partial charge in [-0.2, -0.15) is 0 Å². The Morgan fingerprint density at radius 2 is 1.35 bits per heavy atom. The fraction of sp³-hybridized carbons (Fsp3) is 1.00. The van der Waals surface area contributed by atoms with Crippen LogP contribution >= 0.6 is 0 Å². The lowest BCUT2D eigenvalue weighted by Gasteiger charge is -2.39. The van der Waals surface area contributed by atoms with E-state index in [4.69, 9.17) is 0 Å². The summed E-state index contributed by atoms with van der Waals surface area (Å²) in [6.07, 6.45) is 8.34.